The van der Waals surface area contributed by atoms with Gasteiger partial charge in [0, 0.05) is 49.5 Å². The van der Waals surface area contributed by atoms with Crippen LogP contribution in [0.15, 0.2) is 24.3 Å². The van der Waals surface area contributed by atoms with Gasteiger partial charge in [0.2, 0.25) is 11.8 Å². The van der Waals surface area contributed by atoms with Crippen LogP contribution >= 0.6 is 12.4 Å². The van der Waals surface area contributed by atoms with Gasteiger partial charge in [-0.25, -0.2) is 0 Å². The zero-order valence-electron chi connectivity index (χ0n) is 26.8. The van der Waals surface area contributed by atoms with E-state index < -0.39 is 17.7 Å². The first-order valence-electron chi connectivity index (χ1n) is 16.0. The van der Waals surface area contributed by atoms with Crippen molar-refractivity contribution in [2.45, 2.75) is 96.9 Å². The first kappa shape index (κ1) is 33.9. The molecule has 0 aliphatic carbocycles. The Kier molecular flexibility index (Phi) is 10.8. The third kappa shape index (κ3) is 6.26. The number of nitrogens with zero attached hydrogens (tertiary/aromatic N) is 4. The lowest BCUT2D eigenvalue weighted by atomic mass is 9.79. The van der Waals surface area contributed by atoms with Crippen molar-refractivity contribution in [1.29, 1.82) is 0 Å². The van der Waals surface area contributed by atoms with Gasteiger partial charge in [-0.1, -0.05) is 39.3 Å². The number of unbranched alkanes of at least 4 members (excludes halogenated alkanes) is 1. The molecule has 1 unspecified atom stereocenters. The van der Waals surface area contributed by atoms with Gasteiger partial charge < -0.3 is 20.2 Å². The molecule has 1 aromatic heterocycles. The minimum Gasteiger partial charge on any atom is -0.390 e. The van der Waals surface area contributed by atoms with E-state index >= 15 is 0 Å². The van der Waals surface area contributed by atoms with Crippen molar-refractivity contribution in [3.8, 4) is 0 Å². The maximum absolute atomic E-state index is 13.8. The van der Waals surface area contributed by atoms with Crippen molar-refractivity contribution >= 4 is 30.1 Å². The van der Waals surface area contributed by atoms with Crippen LogP contribution in [0, 0.1) is 19.8 Å². The highest BCUT2D eigenvalue weighted by Gasteiger charge is 2.55. The molecule has 3 aliphatic rings. The number of piperidine rings is 1. The Hall–Kier alpha value is -2.95. The number of amides is 3. The molecule has 0 saturated carbocycles. The summed E-state index contributed by atoms with van der Waals surface area (Å²) in [4.78, 5) is 46.7. The summed E-state index contributed by atoms with van der Waals surface area (Å²) in [5, 5.41) is 21.3. The van der Waals surface area contributed by atoms with Gasteiger partial charge in [0.1, 0.15) is 11.6 Å². The molecule has 44 heavy (non-hydrogen) atoms. The van der Waals surface area contributed by atoms with Gasteiger partial charge in [-0.3, -0.25) is 24.4 Å². The van der Waals surface area contributed by atoms with E-state index in [0.717, 1.165) is 61.3 Å². The quantitative estimate of drug-likeness (QED) is 0.389. The number of aromatic amines is 1. The Morgan fingerprint density at radius 1 is 1.07 bits per heavy atom. The molecule has 242 valence electrons. The zero-order valence-corrected chi connectivity index (χ0v) is 27.6. The summed E-state index contributed by atoms with van der Waals surface area (Å²) in [7, 11) is 0. The van der Waals surface area contributed by atoms with Crippen molar-refractivity contribution in [3.05, 3.63) is 52.3 Å². The normalized spacial score (nSPS) is 21.8. The fraction of sp³-hybridized carbons (Fsp3) is 0.636. The number of piperazine rings is 1. The number of aryl methyl sites for hydroxylation is 2. The van der Waals surface area contributed by atoms with Crippen LogP contribution in [0.3, 0.4) is 0 Å². The number of benzene rings is 1. The van der Waals surface area contributed by atoms with Crippen molar-refractivity contribution < 1.29 is 19.5 Å². The fourth-order valence-electron chi connectivity index (χ4n) is 7.18. The van der Waals surface area contributed by atoms with Gasteiger partial charge in [-0.15, -0.1) is 12.4 Å². The Bertz CT molecular complexity index is 1290. The van der Waals surface area contributed by atoms with Crippen LogP contribution in [-0.2, 0) is 9.59 Å². The molecule has 10 nitrogen and oxygen atoms in total. The number of hydrogen-bond acceptors (Lipinski definition) is 6. The minimum absolute atomic E-state index is 0. The van der Waals surface area contributed by atoms with Crippen molar-refractivity contribution in [3.63, 3.8) is 0 Å². The molecule has 3 atom stereocenters. The molecule has 1 spiro atoms. The number of likely N-dealkylation sites (tertiary alicyclic amines) is 2. The lowest BCUT2D eigenvalue weighted by molar-refractivity contribution is -0.165. The monoisotopic (exact) mass is 628 g/mol. The molecule has 3 N–H and O–H groups in total. The number of aromatic nitrogens is 2. The highest BCUT2D eigenvalue weighted by atomic mass is 35.5. The Morgan fingerprint density at radius 3 is 2.25 bits per heavy atom. The number of aliphatic hydroxyl groups is 1. The second kappa shape index (κ2) is 14.0. The van der Waals surface area contributed by atoms with Crippen molar-refractivity contribution in [2.24, 2.45) is 5.92 Å². The molecule has 3 fully saturated rings. The minimum atomic E-state index is -0.938. The van der Waals surface area contributed by atoms with E-state index in [1.54, 1.807) is 4.90 Å². The lowest BCUT2D eigenvalue weighted by Gasteiger charge is -2.53. The van der Waals surface area contributed by atoms with Crippen molar-refractivity contribution in [2.75, 3.05) is 32.7 Å². The highest BCUT2D eigenvalue weighted by Crippen LogP contribution is 2.40. The lowest BCUT2D eigenvalue weighted by Crippen LogP contribution is -2.75. The van der Waals surface area contributed by atoms with Gasteiger partial charge in [0.25, 0.3) is 5.91 Å². The van der Waals surface area contributed by atoms with Crippen molar-refractivity contribution in [1.82, 2.24) is 30.2 Å². The van der Waals surface area contributed by atoms with E-state index in [4.69, 9.17) is 0 Å². The number of hydrogen-bond donors (Lipinski definition) is 3. The van der Waals surface area contributed by atoms with Gasteiger partial charge in [0.05, 0.1) is 17.8 Å². The Balaban J connectivity index is 0.00000442. The van der Waals surface area contributed by atoms with Crippen LogP contribution in [-0.4, -0.2) is 98.1 Å². The number of carbonyl (C=O) groups is 3. The molecule has 4 heterocycles. The topological polar surface area (TPSA) is 122 Å². The van der Waals surface area contributed by atoms with Gasteiger partial charge in [-0.2, -0.15) is 5.10 Å². The summed E-state index contributed by atoms with van der Waals surface area (Å²) in [6.07, 6.45) is 3.87. The number of aliphatic hydroxyl groups excluding tert-OH is 1. The molecule has 0 radical (unpaired) electrons. The molecule has 3 saturated heterocycles. The second-order valence-electron chi connectivity index (χ2n) is 13.0. The van der Waals surface area contributed by atoms with Crippen LogP contribution in [0.1, 0.15) is 98.2 Å². The van der Waals surface area contributed by atoms with Crippen LogP contribution in [0.2, 0.25) is 0 Å². The maximum Gasteiger partial charge on any atom is 0.253 e. The van der Waals surface area contributed by atoms with Gasteiger partial charge in [0.15, 0.2) is 0 Å². The molecule has 3 aliphatic heterocycles. The van der Waals surface area contributed by atoms with E-state index in [-0.39, 0.29) is 42.1 Å². The van der Waals surface area contributed by atoms with Crippen LogP contribution in [0.4, 0.5) is 0 Å². The highest BCUT2D eigenvalue weighted by molar-refractivity contribution is 6.00. The fourth-order valence-corrected chi connectivity index (χ4v) is 7.18. The number of H-pyrrole nitrogens is 1. The average Bonchev–Trinajstić information content (AvgIpc) is 3.66. The van der Waals surface area contributed by atoms with Crippen LogP contribution in [0.5, 0.6) is 0 Å². The molecular formula is C33H49ClN6O4. The van der Waals surface area contributed by atoms with E-state index in [1.807, 2.05) is 56.9 Å². The Morgan fingerprint density at radius 2 is 1.70 bits per heavy atom. The van der Waals surface area contributed by atoms with E-state index in [1.165, 1.54) is 0 Å². The first-order chi connectivity index (χ1) is 20.6. The predicted octanol–water partition coefficient (Wildman–Crippen LogP) is 3.75. The van der Waals surface area contributed by atoms with Crippen LogP contribution < -0.4 is 5.32 Å². The predicted molar refractivity (Wildman–Crippen MR) is 172 cm³/mol. The number of nitrogens with one attached hydrogen (secondary N) is 2. The average molecular weight is 629 g/mol. The largest absolute Gasteiger partial charge is 0.390 e. The zero-order chi connectivity index (χ0) is 30.9. The smallest absolute Gasteiger partial charge is 0.253 e. The molecule has 5 rings (SSSR count). The van der Waals surface area contributed by atoms with E-state index in [9.17, 15) is 19.5 Å². The SMILES string of the molecule is CCCCN1C(=O)[C@@H]([C@H](O)C(C)C)NC(=O)C12CCN(C(c1ccc(C(=O)N3CCCC3)cc1)c1c(C)n[nH]c1C)CC2.Cl. The molecule has 2 aromatic rings. The summed E-state index contributed by atoms with van der Waals surface area (Å²) in [5.41, 5.74) is 3.83. The summed E-state index contributed by atoms with van der Waals surface area (Å²) in [6, 6.07) is 6.92. The molecule has 3 amide bonds. The third-order valence-electron chi connectivity index (χ3n) is 9.83. The van der Waals surface area contributed by atoms with Crippen LogP contribution in [0.25, 0.3) is 0 Å². The molecule has 11 heteroatoms. The number of carbonyl (C=O) groups excluding carboxylic acids is 3. The van der Waals surface area contributed by atoms with E-state index in [0.29, 0.717) is 38.0 Å². The van der Waals surface area contributed by atoms with Gasteiger partial charge >= 0.3 is 0 Å². The summed E-state index contributed by atoms with van der Waals surface area (Å²) in [6.45, 7) is 13.2. The molecule has 0 bridgehead atoms. The number of halogens is 1. The molecular weight excluding hydrogens is 580 g/mol. The summed E-state index contributed by atoms with van der Waals surface area (Å²) >= 11 is 0. The summed E-state index contributed by atoms with van der Waals surface area (Å²) < 4.78 is 0. The summed E-state index contributed by atoms with van der Waals surface area (Å²) in [5.74, 6) is -0.418. The first-order valence-corrected chi connectivity index (χ1v) is 16.0. The second-order valence-corrected chi connectivity index (χ2v) is 13.0. The van der Waals surface area contributed by atoms with Gasteiger partial charge in [-0.05, 0) is 69.6 Å². The standard InChI is InChI=1S/C33H48N6O4.ClH/c1-6-7-18-39-31(42)27(29(40)21(2)3)34-32(43)33(39)14-19-37(20-15-33)28(26-22(4)35-36-23(26)5)24-10-12-25(13-11-24)30(41)38-16-8-9-17-38;/h10-13,21,27-29,40H,6-9,14-20H2,1-5H3,(H,34,43)(H,35,36);1H/t27-,28?,29-;/m1./s1. The van der Waals surface area contributed by atoms with E-state index in [2.05, 4.69) is 27.3 Å². The third-order valence-corrected chi connectivity index (χ3v) is 9.83. The molecule has 1 aromatic carbocycles. The Labute approximate surface area is 267 Å². The maximum atomic E-state index is 13.8. The number of rotatable bonds is 9.